The molecule has 1 atom stereocenters. The van der Waals surface area contributed by atoms with Crippen molar-refractivity contribution >= 4 is 0 Å². The Labute approximate surface area is 153 Å². The number of nitrogens with one attached hydrogen (secondary N) is 1. The van der Waals surface area contributed by atoms with E-state index in [0.717, 1.165) is 55.1 Å². The quantitative estimate of drug-likeness (QED) is 0.767. The molecule has 134 valence electrons. The molecular weight excluding hydrogens is 324 g/mol. The van der Waals surface area contributed by atoms with Crippen LogP contribution in [0.5, 0.6) is 0 Å². The van der Waals surface area contributed by atoms with Crippen LogP contribution in [0.1, 0.15) is 48.3 Å². The Kier molecular flexibility index (Phi) is 4.75. The van der Waals surface area contributed by atoms with E-state index >= 15 is 0 Å². The zero-order chi connectivity index (χ0) is 17.9. The van der Waals surface area contributed by atoms with Crippen molar-refractivity contribution in [3.8, 4) is 11.4 Å². The molecule has 0 spiro atoms. The smallest absolute Gasteiger partial charge is 0.160 e. The van der Waals surface area contributed by atoms with Crippen LogP contribution in [0.25, 0.3) is 11.4 Å². The monoisotopic (exact) mass is 348 g/mol. The SMILES string of the molecule is CCn1cc(CN[C@@H]2CCCc3nc(-c4cccnc4)ncc32)c(C)n1. The van der Waals surface area contributed by atoms with Crippen molar-refractivity contribution in [1.82, 2.24) is 30.0 Å². The molecule has 0 bridgehead atoms. The third kappa shape index (κ3) is 3.37. The maximum absolute atomic E-state index is 4.82. The van der Waals surface area contributed by atoms with Crippen molar-refractivity contribution in [2.75, 3.05) is 0 Å². The van der Waals surface area contributed by atoms with Crippen molar-refractivity contribution in [3.63, 3.8) is 0 Å². The van der Waals surface area contributed by atoms with Gasteiger partial charge in [0.1, 0.15) is 0 Å². The van der Waals surface area contributed by atoms with Crippen LogP contribution < -0.4 is 5.32 Å². The lowest BCUT2D eigenvalue weighted by Gasteiger charge is -2.25. The molecule has 26 heavy (non-hydrogen) atoms. The van der Waals surface area contributed by atoms with E-state index in [0.29, 0.717) is 6.04 Å². The van der Waals surface area contributed by atoms with Gasteiger partial charge in [-0.15, -0.1) is 0 Å². The molecule has 3 aromatic rings. The second kappa shape index (κ2) is 7.33. The zero-order valence-electron chi connectivity index (χ0n) is 15.3. The van der Waals surface area contributed by atoms with Crippen LogP contribution >= 0.6 is 0 Å². The van der Waals surface area contributed by atoms with E-state index in [1.54, 1.807) is 6.20 Å². The highest BCUT2D eigenvalue weighted by Gasteiger charge is 2.22. The van der Waals surface area contributed by atoms with Gasteiger partial charge >= 0.3 is 0 Å². The maximum atomic E-state index is 4.82. The molecule has 4 rings (SSSR count). The van der Waals surface area contributed by atoms with E-state index in [1.807, 2.05) is 29.2 Å². The highest BCUT2D eigenvalue weighted by molar-refractivity contribution is 5.53. The van der Waals surface area contributed by atoms with E-state index in [4.69, 9.17) is 4.98 Å². The average molecular weight is 348 g/mol. The summed E-state index contributed by atoms with van der Waals surface area (Å²) in [5.41, 5.74) is 5.70. The topological polar surface area (TPSA) is 68.5 Å². The molecule has 1 aliphatic carbocycles. The lowest BCUT2D eigenvalue weighted by Crippen LogP contribution is -2.26. The van der Waals surface area contributed by atoms with E-state index < -0.39 is 0 Å². The lowest BCUT2D eigenvalue weighted by atomic mass is 9.92. The van der Waals surface area contributed by atoms with Crippen molar-refractivity contribution in [1.29, 1.82) is 0 Å². The fourth-order valence-electron chi connectivity index (χ4n) is 3.52. The van der Waals surface area contributed by atoms with Crippen LogP contribution in [-0.4, -0.2) is 24.7 Å². The number of rotatable bonds is 5. The van der Waals surface area contributed by atoms with Gasteiger partial charge in [-0.1, -0.05) is 0 Å². The number of nitrogens with zero attached hydrogens (tertiary/aromatic N) is 5. The lowest BCUT2D eigenvalue weighted by molar-refractivity contribution is 0.452. The number of fused-ring (bicyclic) bond motifs is 1. The minimum absolute atomic E-state index is 0.297. The molecule has 0 saturated carbocycles. The second-order valence-corrected chi connectivity index (χ2v) is 6.76. The predicted octanol–water partition coefficient (Wildman–Crippen LogP) is 3.23. The summed E-state index contributed by atoms with van der Waals surface area (Å²) in [6.07, 6.45) is 11.0. The minimum atomic E-state index is 0.297. The number of pyridine rings is 1. The van der Waals surface area contributed by atoms with Gasteiger partial charge in [0.05, 0.1) is 5.69 Å². The molecule has 1 aliphatic rings. The summed E-state index contributed by atoms with van der Waals surface area (Å²) in [5.74, 6) is 0.762. The molecule has 0 unspecified atom stereocenters. The molecule has 0 saturated heterocycles. The van der Waals surface area contributed by atoms with E-state index in [-0.39, 0.29) is 0 Å². The van der Waals surface area contributed by atoms with Gasteiger partial charge in [-0.05, 0) is 45.2 Å². The zero-order valence-corrected chi connectivity index (χ0v) is 15.3. The first kappa shape index (κ1) is 16.8. The summed E-state index contributed by atoms with van der Waals surface area (Å²) >= 11 is 0. The first-order valence-electron chi connectivity index (χ1n) is 9.27. The van der Waals surface area contributed by atoms with Gasteiger partial charge in [-0.25, -0.2) is 9.97 Å². The van der Waals surface area contributed by atoms with Gasteiger partial charge in [0, 0.05) is 66.3 Å². The molecule has 0 fully saturated rings. The molecule has 3 aromatic heterocycles. The first-order valence-corrected chi connectivity index (χ1v) is 9.27. The standard InChI is InChI=1S/C20H24N6/c1-3-26-13-16(14(2)25-26)11-22-18-7-4-8-19-17(18)12-23-20(24-19)15-6-5-9-21-10-15/h5-6,9-10,12-13,18,22H,3-4,7-8,11H2,1-2H3/t18-/m1/s1. The molecule has 0 aromatic carbocycles. The minimum Gasteiger partial charge on any atom is -0.306 e. The first-order chi connectivity index (χ1) is 12.7. The van der Waals surface area contributed by atoms with Crippen LogP contribution in [0.4, 0.5) is 0 Å². The molecule has 3 heterocycles. The highest BCUT2D eigenvalue weighted by atomic mass is 15.3. The van der Waals surface area contributed by atoms with Gasteiger partial charge < -0.3 is 5.32 Å². The molecule has 6 nitrogen and oxygen atoms in total. The Morgan fingerprint density at radius 1 is 1.31 bits per heavy atom. The molecule has 0 aliphatic heterocycles. The number of aryl methyl sites for hydroxylation is 3. The number of hydrogen-bond acceptors (Lipinski definition) is 5. The average Bonchev–Trinajstić information content (AvgIpc) is 3.06. The van der Waals surface area contributed by atoms with E-state index in [1.165, 1.54) is 11.1 Å². The summed E-state index contributed by atoms with van der Waals surface area (Å²) < 4.78 is 1.99. The van der Waals surface area contributed by atoms with Crippen LogP contribution in [0.3, 0.4) is 0 Å². The second-order valence-electron chi connectivity index (χ2n) is 6.76. The maximum Gasteiger partial charge on any atom is 0.160 e. The van der Waals surface area contributed by atoms with Gasteiger partial charge in [-0.2, -0.15) is 5.10 Å². The summed E-state index contributed by atoms with van der Waals surface area (Å²) in [7, 11) is 0. The molecular formula is C20H24N6. The van der Waals surface area contributed by atoms with Crippen LogP contribution in [-0.2, 0) is 19.5 Å². The molecule has 6 heteroatoms. The van der Waals surface area contributed by atoms with Crippen LogP contribution in [0, 0.1) is 6.92 Å². The normalized spacial score (nSPS) is 16.5. The number of aromatic nitrogens is 5. The molecule has 0 amide bonds. The van der Waals surface area contributed by atoms with Gasteiger partial charge in [0.2, 0.25) is 0 Å². The van der Waals surface area contributed by atoms with Crippen molar-refractivity contribution in [3.05, 3.63) is 59.4 Å². The van der Waals surface area contributed by atoms with Crippen LogP contribution in [0.15, 0.2) is 36.9 Å². The van der Waals surface area contributed by atoms with Gasteiger partial charge in [-0.3, -0.25) is 9.67 Å². The fraction of sp³-hybridized carbons (Fsp3) is 0.400. The predicted molar refractivity (Wildman–Crippen MR) is 100 cm³/mol. The van der Waals surface area contributed by atoms with Gasteiger partial charge in [0.15, 0.2) is 5.82 Å². The summed E-state index contributed by atoms with van der Waals surface area (Å²) in [6.45, 7) is 5.90. The molecule has 1 N–H and O–H groups in total. The van der Waals surface area contributed by atoms with Gasteiger partial charge in [0.25, 0.3) is 0 Å². The molecule has 0 radical (unpaired) electrons. The summed E-state index contributed by atoms with van der Waals surface area (Å²) in [5, 5.41) is 8.21. The largest absolute Gasteiger partial charge is 0.306 e. The summed E-state index contributed by atoms with van der Waals surface area (Å²) in [6, 6.07) is 4.22. The van der Waals surface area contributed by atoms with E-state index in [9.17, 15) is 0 Å². The van der Waals surface area contributed by atoms with Crippen LogP contribution in [0.2, 0.25) is 0 Å². The van der Waals surface area contributed by atoms with Crippen molar-refractivity contribution in [2.45, 2.75) is 52.2 Å². The van der Waals surface area contributed by atoms with Crippen molar-refractivity contribution < 1.29 is 0 Å². The Hall–Kier alpha value is -2.60. The highest BCUT2D eigenvalue weighted by Crippen LogP contribution is 2.29. The van der Waals surface area contributed by atoms with E-state index in [2.05, 4.69) is 40.4 Å². The summed E-state index contributed by atoms with van der Waals surface area (Å²) in [4.78, 5) is 13.6. The Bertz CT molecular complexity index is 887. The van der Waals surface area contributed by atoms with Crippen molar-refractivity contribution in [2.24, 2.45) is 0 Å². The fourth-order valence-corrected chi connectivity index (χ4v) is 3.52. The Morgan fingerprint density at radius 3 is 3.00 bits per heavy atom. The third-order valence-corrected chi connectivity index (χ3v) is 5.01. The third-order valence-electron chi connectivity index (χ3n) is 5.01. The Balaban J connectivity index is 1.53. The Morgan fingerprint density at radius 2 is 2.23 bits per heavy atom. The number of hydrogen-bond donors (Lipinski definition) is 1.